The summed E-state index contributed by atoms with van der Waals surface area (Å²) in [7, 11) is 4.14. The molecule has 0 aliphatic carbocycles. The normalized spacial score (nSPS) is 10.9. The molecule has 0 aliphatic rings. The fraction of sp³-hybridized carbons (Fsp3) is 0.222. The summed E-state index contributed by atoms with van der Waals surface area (Å²) < 4.78 is 2.33. The first-order chi connectivity index (χ1) is 9.74. The Labute approximate surface area is 120 Å². The van der Waals surface area contributed by atoms with Gasteiger partial charge in [0.25, 0.3) is 0 Å². The van der Waals surface area contributed by atoms with E-state index in [1.807, 2.05) is 0 Å². The third-order valence-electron chi connectivity index (χ3n) is 3.77. The number of aromatic nitrogens is 1. The predicted octanol–water partition coefficient (Wildman–Crippen LogP) is 3.95. The third kappa shape index (κ3) is 2.55. The van der Waals surface area contributed by atoms with Gasteiger partial charge in [-0.15, -0.1) is 0 Å². The van der Waals surface area contributed by atoms with Crippen LogP contribution in [-0.2, 0) is 13.0 Å². The van der Waals surface area contributed by atoms with E-state index < -0.39 is 0 Å². The van der Waals surface area contributed by atoms with Crippen molar-refractivity contribution in [2.24, 2.45) is 0 Å². The van der Waals surface area contributed by atoms with Crippen molar-refractivity contribution in [3.05, 3.63) is 66.4 Å². The van der Waals surface area contributed by atoms with Crippen LogP contribution in [0, 0.1) is 0 Å². The minimum atomic E-state index is 1.02. The molecule has 0 spiro atoms. The van der Waals surface area contributed by atoms with Gasteiger partial charge in [-0.2, -0.15) is 0 Å². The van der Waals surface area contributed by atoms with Gasteiger partial charge in [-0.05, 0) is 41.6 Å². The Hall–Kier alpha value is -2.22. The minimum absolute atomic E-state index is 1.02. The molecule has 2 heteroatoms. The molecule has 0 bridgehead atoms. The molecule has 1 aromatic heterocycles. The summed E-state index contributed by atoms with van der Waals surface area (Å²) in [4.78, 5) is 2.13. The lowest BCUT2D eigenvalue weighted by Gasteiger charge is -2.13. The van der Waals surface area contributed by atoms with Gasteiger partial charge in [0.15, 0.2) is 0 Å². The zero-order chi connectivity index (χ0) is 13.9. The van der Waals surface area contributed by atoms with Crippen LogP contribution in [0.1, 0.15) is 5.56 Å². The first kappa shape index (κ1) is 12.8. The van der Waals surface area contributed by atoms with Crippen LogP contribution in [0.25, 0.3) is 10.9 Å². The molecule has 102 valence electrons. The summed E-state index contributed by atoms with van der Waals surface area (Å²) in [6.45, 7) is 1.02. The van der Waals surface area contributed by atoms with E-state index in [-0.39, 0.29) is 0 Å². The van der Waals surface area contributed by atoms with Crippen molar-refractivity contribution in [3.63, 3.8) is 0 Å². The Morgan fingerprint density at radius 1 is 0.900 bits per heavy atom. The van der Waals surface area contributed by atoms with Crippen LogP contribution in [-0.4, -0.2) is 18.7 Å². The number of benzene rings is 2. The number of aryl methyl sites for hydroxylation is 2. The smallest absolute Gasteiger partial charge is 0.0480 e. The maximum atomic E-state index is 2.33. The van der Waals surface area contributed by atoms with Gasteiger partial charge in [-0.3, -0.25) is 0 Å². The molecule has 0 saturated carbocycles. The SMILES string of the molecule is CN(C)c1ccc(CCn2ccc3ccccc32)cc1. The average Bonchev–Trinajstić information content (AvgIpc) is 2.89. The monoisotopic (exact) mass is 264 g/mol. The third-order valence-corrected chi connectivity index (χ3v) is 3.77. The fourth-order valence-corrected chi connectivity index (χ4v) is 2.55. The van der Waals surface area contributed by atoms with E-state index in [1.165, 1.54) is 22.2 Å². The number of anilines is 1. The van der Waals surface area contributed by atoms with E-state index >= 15 is 0 Å². The van der Waals surface area contributed by atoms with E-state index in [4.69, 9.17) is 0 Å². The van der Waals surface area contributed by atoms with Crippen molar-refractivity contribution in [1.29, 1.82) is 0 Å². The second kappa shape index (κ2) is 5.41. The molecule has 0 saturated heterocycles. The van der Waals surface area contributed by atoms with Crippen LogP contribution in [0.2, 0.25) is 0 Å². The molecule has 20 heavy (non-hydrogen) atoms. The van der Waals surface area contributed by atoms with Crippen molar-refractivity contribution >= 4 is 16.6 Å². The van der Waals surface area contributed by atoms with Gasteiger partial charge < -0.3 is 9.47 Å². The van der Waals surface area contributed by atoms with Crippen LogP contribution in [0.3, 0.4) is 0 Å². The highest BCUT2D eigenvalue weighted by Crippen LogP contribution is 2.17. The second-order valence-electron chi connectivity index (χ2n) is 5.38. The molecule has 0 aliphatic heterocycles. The van der Waals surface area contributed by atoms with Crippen LogP contribution in [0.15, 0.2) is 60.8 Å². The van der Waals surface area contributed by atoms with E-state index in [0.29, 0.717) is 0 Å². The molecule has 0 atom stereocenters. The highest BCUT2D eigenvalue weighted by Gasteiger charge is 2.01. The topological polar surface area (TPSA) is 8.17 Å². The minimum Gasteiger partial charge on any atom is -0.378 e. The molecule has 0 unspecified atom stereocenters. The zero-order valence-electron chi connectivity index (χ0n) is 12.1. The number of nitrogens with zero attached hydrogens (tertiary/aromatic N) is 2. The Morgan fingerprint density at radius 2 is 1.65 bits per heavy atom. The standard InChI is InChI=1S/C18H20N2/c1-19(2)17-9-7-15(8-10-17)11-13-20-14-12-16-5-3-4-6-18(16)20/h3-10,12,14H,11,13H2,1-2H3. The van der Waals surface area contributed by atoms with Crippen molar-refractivity contribution in [2.45, 2.75) is 13.0 Å². The predicted molar refractivity (Wildman–Crippen MR) is 86.4 cm³/mol. The Kier molecular flexibility index (Phi) is 3.46. The number of para-hydroxylation sites is 1. The number of hydrogen-bond donors (Lipinski definition) is 0. The van der Waals surface area contributed by atoms with Gasteiger partial charge in [-0.1, -0.05) is 30.3 Å². The van der Waals surface area contributed by atoms with Crippen molar-refractivity contribution in [1.82, 2.24) is 4.57 Å². The van der Waals surface area contributed by atoms with Crippen molar-refractivity contribution in [2.75, 3.05) is 19.0 Å². The Balaban J connectivity index is 1.73. The Bertz CT molecular complexity index is 693. The summed E-state index contributed by atoms with van der Waals surface area (Å²) in [6.07, 6.45) is 3.24. The first-order valence-corrected chi connectivity index (χ1v) is 7.04. The molecule has 2 nitrogen and oxygen atoms in total. The highest BCUT2D eigenvalue weighted by atomic mass is 15.1. The molecule has 0 fully saturated rings. The first-order valence-electron chi connectivity index (χ1n) is 7.04. The second-order valence-corrected chi connectivity index (χ2v) is 5.38. The van der Waals surface area contributed by atoms with E-state index in [0.717, 1.165) is 13.0 Å². The molecular formula is C18H20N2. The highest BCUT2D eigenvalue weighted by molar-refractivity contribution is 5.79. The molecule has 1 heterocycles. The van der Waals surface area contributed by atoms with Crippen LogP contribution in [0.4, 0.5) is 5.69 Å². The molecule has 3 rings (SSSR count). The number of fused-ring (bicyclic) bond motifs is 1. The largest absolute Gasteiger partial charge is 0.378 e. The summed E-state index contributed by atoms with van der Waals surface area (Å²) in [5, 5.41) is 1.32. The van der Waals surface area contributed by atoms with Crippen LogP contribution in [0.5, 0.6) is 0 Å². The summed E-state index contributed by atoms with van der Waals surface area (Å²) in [5.74, 6) is 0. The maximum absolute atomic E-state index is 2.33. The molecule has 0 N–H and O–H groups in total. The fourth-order valence-electron chi connectivity index (χ4n) is 2.55. The molecule has 2 aromatic carbocycles. The lowest BCUT2D eigenvalue weighted by Crippen LogP contribution is -2.08. The lowest BCUT2D eigenvalue weighted by molar-refractivity contribution is 0.723. The zero-order valence-corrected chi connectivity index (χ0v) is 12.1. The summed E-state index contributed by atoms with van der Waals surface area (Å²) in [5.41, 5.74) is 3.95. The Morgan fingerprint density at radius 3 is 2.40 bits per heavy atom. The van der Waals surface area contributed by atoms with Gasteiger partial charge in [0.05, 0.1) is 0 Å². The molecular weight excluding hydrogens is 244 g/mol. The maximum Gasteiger partial charge on any atom is 0.0480 e. The van der Waals surface area contributed by atoms with Gasteiger partial charge in [0, 0.05) is 38.0 Å². The molecule has 0 amide bonds. The van der Waals surface area contributed by atoms with Gasteiger partial charge in [0.1, 0.15) is 0 Å². The number of hydrogen-bond acceptors (Lipinski definition) is 1. The summed E-state index contributed by atoms with van der Waals surface area (Å²) in [6, 6.07) is 19.5. The van der Waals surface area contributed by atoms with E-state index in [1.54, 1.807) is 0 Å². The van der Waals surface area contributed by atoms with Crippen molar-refractivity contribution in [3.8, 4) is 0 Å². The quantitative estimate of drug-likeness (QED) is 0.692. The van der Waals surface area contributed by atoms with E-state index in [9.17, 15) is 0 Å². The van der Waals surface area contributed by atoms with E-state index in [2.05, 4.69) is 84.4 Å². The molecule has 0 radical (unpaired) electrons. The van der Waals surface area contributed by atoms with Crippen LogP contribution >= 0.6 is 0 Å². The molecule has 3 aromatic rings. The van der Waals surface area contributed by atoms with Gasteiger partial charge in [-0.25, -0.2) is 0 Å². The van der Waals surface area contributed by atoms with Gasteiger partial charge in [0.2, 0.25) is 0 Å². The lowest BCUT2D eigenvalue weighted by atomic mass is 10.1. The van der Waals surface area contributed by atoms with Gasteiger partial charge >= 0.3 is 0 Å². The summed E-state index contributed by atoms with van der Waals surface area (Å²) >= 11 is 0. The number of rotatable bonds is 4. The van der Waals surface area contributed by atoms with Crippen LogP contribution < -0.4 is 4.90 Å². The van der Waals surface area contributed by atoms with Crippen molar-refractivity contribution < 1.29 is 0 Å². The average molecular weight is 264 g/mol.